The molecule has 0 unspecified atom stereocenters. The van der Waals surface area contributed by atoms with E-state index in [1.54, 1.807) is 10.8 Å². The first-order valence-corrected chi connectivity index (χ1v) is 6.62. The number of carboxylic acid groups (broad SMARTS) is 1. The van der Waals surface area contributed by atoms with Crippen LogP contribution in [0.4, 0.5) is 0 Å². The zero-order valence-corrected chi connectivity index (χ0v) is 11.3. The zero-order valence-electron chi connectivity index (χ0n) is 11.3. The van der Waals surface area contributed by atoms with Crippen molar-refractivity contribution in [3.63, 3.8) is 0 Å². The van der Waals surface area contributed by atoms with E-state index in [9.17, 15) is 9.59 Å². The number of esters is 1. The van der Waals surface area contributed by atoms with E-state index in [1.165, 1.54) is 0 Å². The number of aryl methyl sites for hydroxylation is 1. The van der Waals surface area contributed by atoms with E-state index in [1.807, 2.05) is 31.2 Å². The highest BCUT2D eigenvalue weighted by Gasteiger charge is 2.13. The molecule has 0 bridgehead atoms. The van der Waals surface area contributed by atoms with Gasteiger partial charge in [0.15, 0.2) is 5.75 Å². The van der Waals surface area contributed by atoms with Gasteiger partial charge in [-0.05, 0) is 18.6 Å². The predicted molar refractivity (Wildman–Crippen MR) is 74.7 cm³/mol. The number of nitrogens with zero attached hydrogens (tertiary/aromatic N) is 1. The van der Waals surface area contributed by atoms with Crippen LogP contribution < -0.4 is 4.74 Å². The molecule has 1 heterocycles. The van der Waals surface area contributed by atoms with Gasteiger partial charge in [0, 0.05) is 24.5 Å². The lowest BCUT2D eigenvalue weighted by Crippen LogP contribution is -2.06. The number of para-hydroxylation sites is 1. The molecule has 0 aliphatic rings. The van der Waals surface area contributed by atoms with Crippen molar-refractivity contribution < 1.29 is 19.4 Å². The summed E-state index contributed by atoms with van der Waals surface area (Å²) < 4.78 is 7.15. The summed E-state index contributed by atoms with van der Waals surface area (Å²) in [6, 6.07) is 7.48. The minimum absolute atomic E-state index is 0.0288. The number of carbonyl (C=O) groups excluding carboxylic acids is 1. The van der Waals surface area contributed by atoms with Crippen molar-refractivity contribution >= 4 is 22.8 Å². The Labute approximate surface area is 116 Å². The van der Waals surface area contributed by atoms with Crippen LogP contribution in [0.2, 0.25) is 0 Å². The Bertz CT molecular complexity index is 630. The molecule has 1 aromatic heterocycles. The molecule has 0 amide bonds. The van der Waals surface area contributed by atoms with Crippen LogP contribution in [0.1, 0.15) is 26.2 Å². The van der Waals surface area contributed by atoms with E-state index in [0.29, 0.717) is 18.7 Å². The van der Waals surface area contributed by atoms with Crippen LogP contribution in [0.5, 0.6) is 5.75 Å². The summed E-state index contributed by atoms with van der Waals surface area (Å²) in [5.41, 5.74) is 0.869. The molecule has 0 fully saturated rings. The normalized spacial score (nSPS) is 10.7. The number of aliphatic carboxylic acids is 1. The molecule has 0 saturated heterocycles. The van der Waals surface area contributed by atoms with Crippen LogP contribution in [0.15, 0.2) is 30.5 Å². The Kier molecular flexibility index (Phi) is 4.40. The van der Waals surface area contributed by atoms with Crippen molar-refractivity contribution in [1.82, 2.24) is 4.57 Å². The van der Waals surface area contributed by atoms with Gasteiger partial charge in [-0.15, -0.1) is 0 Å². The molecule has 1 N–H and O–H groups in total. The number of hydrogen-bond donors (Lipinski definition) is 1. The molecule has 106 valence electrons. The van der Waals surface area contributed by atoms with Crippen molar-refractivity contribution in [2.45, 2.75) is 32.7 Å². The summed E-state index contributed by atoms with van der Waals surface area (Å²) in [6.07, 6.45) is 2.83. The van der Waals surface area contributed by atoms with Crippen molar-refractivity contribution in [3.05, 3.63) is 30.5 Å². The highest BCUT2D eigenvalue weighted by molar-refractivity contribution is 5.89. The van der Waals surface area contributed by atoms with Crippen LogP contribution in [0.3, 0.4) is 0 Å². The van der Waals surface area contributed by atoms with Gasteiger partial charge in [0.25, 0.3) is 0 Å². The first-order chi connectivity index (χ1) is 9.61. The third kappa shape index (κ3) is 3.17. The Morgan fingerprint density at radius 3 is 2.70 bits per heavy atom. The molecule has 0 radical (unpaired) electrons. The molecule has 20 heavy (non-hydrogen) atoms. The van der Waals surface area contributed by atoms with E-state index in [4.69, 9.17) is 9.84 Å². The number of benzene rings is 1. The van der Waals surface area contributed by atoms with Crippen LogP contribution in [0, 0.1) is 0 Å². The van der Waals surface area contributed by atoms with Gasteiger partial charge in [-0.2, -0.15) is 0 Å². The molecule has 2 aromatic rings. The summed E-state index contributed by atoms with van der Waals surface area (Å²) >= 11 is 0. The molecule has 1 aromatic carbocycles. The number of carbonyl (C=O) groups is 2. The average molecular weight is 275 g/mol. The van der Waals surface area contributed by atoms with Crippen LogP contribution in [-0.2, 0) is 16.1 Å². The van der Waals surface area contributed by atoms with Crippen molar-refractivity contribution in [2.75, 3.05) is 0 Å². The number of aromatic nitrogens is 1. The van der Waals surface area contributed by atoms with E-state index in [0.717, 1.165) is 17.3 Å². The number of rotatable bonds is 6. The van der Waals surface area contributed by atoms with Crippen molar-refractivity contribution in [3.8, 4) is 5.75 Å². The first kappa shape index (κ1) is 14.1. The lowest BCUT2D eigenvalue weighted by Gasteiger charge is -2.01. The molecule has 0 spiro atoms. The minimum Gasteiger partial charge on any atom is -0.481 e. The molecular formula is C15H17NO4. The lowest BCUT2D eigenvalue weighted by molar-refractivity contribution is -0.137. The van der Waals surface area contributed by atoms with Gasteiger partial charge in [0.2, 0.25) is 0 Å². The SMILES string of the molecule is CCCC(=O)Oc1cn(CCC(=O)O)c2ccccc12. The van der Waals surface area contributed by atoms with Crippen LogP contribution >= 0.6 is 0 Å². The Morgan fingerprint density at radius 1 is 1.25 bits per heavy atom. The second-order valence-electron chi connectivity index (χ2n) is 4.57. The third-order valence-electron chi connectivity index (χ3n) is 3.00. The monoisotopic (exact) mass is 275 g/mol. The second-order valence-corrected chi connectivity index (χ2v) is 4.57. The summed E-state index contributed by atoms with van der Waals surface area (Å²) in [7, 11) is 0. The Hall–Kier alpha value is -2.30. The Balaban J connectivity index is 2.30. The van der Waals surface area contributed by atoms with Gasteiger partial charge >= 0.3 is 11.9 Å². The van der Waals surface area contributed by atoms with Gasteiger partial charge in [-0.1, -0.05) is 19.1 Å². The van der Waals surface area contributed by atoms with Gasteiger partial charge in [-0.3, -0.25) is 9.59 Å². The summed E-state index contributed by atoms with van der Waals surface area (Å²) in [6.45, 7) is 2.26. The van der Waals surface area contributed by atoms with E-state index in [-0.39, 0.29) is 12.4 Å². The number of ether oxygens (including phenoxy) is 1. The molecule has 5 nitrogen and oxygen atoms in total. The van der Waals surface area contributed by atoms with E-state index < -0.39 is 5.97 Å². The highest BCUT2D eigenvalue weighted by Crippen LogP contribution is 2.28. The zero-order chi connectivity index (χ0) is 14.5. The lowest BCUT2D eigenvalue weighted by atomic mass is 10.2. The number of hydrogen-bond acceptors (Lipinski definition) is 3. The van der Waals surface area contributed by atoms with E-state index in [2.05, 4.69) is 0 Å². The maximum atomic E-state index is 11.6. The fraction of sp³-hybridized carbons (Fsp3) is 0.333. The van der Waals surface area contributed by atoms with Crippen molar-refractivity contribution in [1.29, 1.82) is 0 Å². The Morgan fingerprint density at radius 2 is 2.00 bits per heavy atom. The van der Waals surface area contributed by atoms with Crippen LogP contribution in [-0.4, -0.2) is 21.6 Å². The molecule has 5 heteroatoms. The molecule has 0 saturated carbocycles. The highest BCUT2D eigenvalue weighted by atomic mass is 16.5. The second kappa shape index (κ2) is 6.23. The molecule has 0 aliphatic carbocycles. The third-order valence-corrected chi connectivity index (χ3v) is 3.00. The maximum Gasteiger partial charge on any atom is 0.311 e. The number of fused-ring (bicyclic) bond motifs is 1. The van der Waals surface area contributed by atoms with Gasteiger partial charge < -0.3 is 14.4 Å². The van der Waals surface area contributed by atoms with Gasteiger partial charge in [0.1, 0.15) is 0 Å². The predicted octanol–water partition coefficient (Wildman–Crippen LogP) is 2.82. The summed E-state index contributed by atoms with van der Waals surface area (Å²) in [4.78, 5) is 22.3. The quantitative estimate of drug-likeness (QED) is 0.823. The molecule has 2 rings (SSSR count). The van der Waals surface area contributed by atoms with Gasteiger partial charge in [-0.25, -0.2) is 0 Å². The fourth-order valence-corrected chi connectivity index (χ4v) is 2.07. The summed E-state index contributed by atoms with van der Waals surface area (Å²) in [5.74, 6) is -0.634. The van der Waals surface area contributed by atoms with Crippen LogP contribution in [0.25, 0.3) is 10.9 Å². The minimum atomic E-state index is -0.854. The van der Waals surface area contributed by atoms with Crippen molar-refractivity contribution in [2.24, 2.45) is 0 Å². The molecular weight excluding hydrogens is 258 g/mol. The summed E-state index contributed by atoms with van der Waals surface area (Å²) in [5, 5.41) is 9.59. The van der Waals surface area contributed by atoms with E-state index >= 15 is 0 Å². The topological polar surface area (TPSA) is 68.5 Å². The number of carboxylic acids is 1. The fourth-order valence-electron chi connectivity index (χ4n) is 2.07. The van der Waals surface area contributed by atoms with Gasteiger partial charge in [0.05, 0.1) is 11.9 Å². The maximum absolute atomic E-state index is 11.6. The first-order valence-electron chi connectivity index (χ1n) is 6.62. The standard InChI is InChI=1S/C15H17NO4/c1-2-5-15(19)20-13-10-16(9-8-14(17)18)12-7-4-3-6-11(12)13/h3-4,6-7,10H,2,5,8-9H2,1H3,(H,17,18). The average Bonchev–Trinajstić information content (AvgIpc) is 2.75. The smallest absolute Gasteiger partial charge is 0.311 e. The molecule has 0 atom stereocenters. The largest absolute Gasteiger partial charge is 0.481 e. The molecule has 0 aliphatic heterocycles.